The maximum absolute atomic E-state index is 13.4. The summed E-state index contributed by atoms with van der Waals surface area (Å²) in [5.41, 5.74) is 2.54. The van der Waals surface area contributed by atoms with Gasteiger partial charge in [0.25, 0.3) is 0 Å². The molecule has 0 saturated heterocycles. The van der Waals surface area contributed by atoms with Crippen LogP contribution in [0.3, 0.4) is 0 Å². The summed E-state index contributed by atoms with van der Waals surface area (Å²) >= 11 is 1.47. The highest BCUT2D eigenvalue weighted by molar-refractivity contribution is 7.98. The second-order valence-corrected chi connectivity index (χ2v) is 6.85. The van der Waals surface area contributed by atoms with Crippen molar-refractivity contribution in [1.82, 2.24) is 14.8 Å². The van der Waals surface area contributed by atoms with Crippen LogP contribution in [0.1, 0.15) is 5.56 Å². The monoisotopic (exact) mass is 379 g/mol. The van der Waals surface area contributed by atoms with E-state index >= 15 is 0 Å². The molecule has 6 heteroatoms. The average Bonchev–Trinajstić information content (AvgIpc) is 3.12. The van der Waals surface area contributed by atoms with E-state index in [4.69, 9.17) is 0 Å². The van der Waals surface area contributed by atoms with E-state index in [0.29, 0.717) is 16.7 Å². The topological polar surface area (TPSA) is 30.7 Å². The van der Waals surface area contributed by atoms with Crippen LogP contribution in [0.4, 0.5) is 8.78 Å². The van der Waals surface area contributed by atoms with Crippen molar-refractivity contribution in [3.63, 3.8) is 0 Å². The zero-order chi connectivity index (χ0) is 18.6. The number of hydrogen-bond donors (Lipinski definition) is 0. The lowest BCUT2D eigenvalue weighted by molar-refractivity contribution is 0.626. The Bertz CT molecular complexity index is 1050. The molecule has 3 aromatic carbocycles. The predicted octanol–water partition coefficient (Wildman–Crippen LogP) is 5.50. The first-order valence-electron chi connectivity index (χ1n) is 8.35. The Morgan fingerprint density at radius 3 is 2.30 bits per heavy atom. The molecule has 27 heavy (non-hydrogen) atoms. The van der Waals surface area contributed by atoms with Gasteiger partial charge in [0, 0.05) is 17.0 Å². The second kappa shape index (κ2) is 7.72. The highest BCUT2D eigenvalue weighted by atomic mass is 32.2. The number of rotatable bonds is 5. The van der Waals surface area contributed by atoms with Crippen molar-refractivity contribution < 1.29 is 8.78 Å². The maximum Gasteiger partial charge on any atom is 0.196 e. The molecule has 0 aliphatic rings. The Morgan fingerprint density at radius 1 is 0.778 bits per heavy atom. The fraction of sp³-hybridized carbons (Fsp3) is 0.0476. The van der Waals surface area contributed by atoms with E-state index in [0.717, 1.165) is 16.8 Å². The predicted molar refractivity (Wildman–Crippen MR) is 103 cm³/mol. The maximum atomic E-state index is 13.4. The summed E-state index contributed by atoms with van der Waals surface area (Å²) in [5, 5.41) is 9.32. The molecule has 0 radical (unpaired) electrons. The third-order valence-corrected chi connectivity index (χ3v) is 5.01. The minimum Gasteiger partial charge on any atom is -0.270 e. The van der Waals surface area contributed by atoms with Crippen molar-refractivity contribution in [3.05, 3.63) is 96.1 Å². The second-order valence-electron chi connectivity index (χ2n) is 5.90. The van der Waals surface area contributed by atoms with Gasteiger partial charge in [0.2, 0.25) is 0 Å². The smallest absolute Gasteiger partial charge is 0.196 e. The Hall–Kier alpha value is -2.99. The van der Waals surface area contributed by atoms with Gasteiger partial charge < -0.3 is 0 Å². The van der Waals surface area contributed by atoms with Gasteiger partial charge in [-0.3, -0.25) is 4.57 Å². The van der Waals surface area contributed by atoms with Crippen molar-refractivity contribution in [1.29, 1.82) is 0 Å². The van der Waals surface area contributed by atoms with Crippen LogP contribution in [0.5, 0.6) is 0 Å². The van der Waals surface area contributed by atoms with Crippen molar-refractivity contribution in [2.75, 3.05) is 0 Å². The molecular formula is C21H15F2N3S. The number of para-hydroxylation sites is 1. The van der Waals surface area contributed by atoms with Gasteiger partial charge in [-0.25, -0.2) is 8.78 Å². The van der Waals surface area contributed by atoms with Gasteiger partial charge in [0.15, 0.2) is 11.0 Å². The fourth-order valence-corrected chi connectivity index (χ4v) is 3.63. The lowest BCUT2D eigenvalue weighted by Gasteiger charge is -2.10. The molecule has 0 aliphatic carbocycles. The van der Waals surface area contributed by atoms with Gasteiger partial charge in [-0.05, 0) is 54.1 Å². The standard InChI is InChI=1S/C21H15F2N3S/c22-17-11-9-16(10-12-17)20-24-25-21(26(20)19-7-2-1-3-8-19)27-14-15-5-4-6-18(23)13-15/h1-13H,14H2. The Kier molecular flexibility index (Phi) is 4.98. The first-order valence-corrected chi connectivity index (χ1v) is 9.33. The summed E-state index contributed by atoms with van der Waals surface area (Å²) in [4.78, 5) is 0. The van der Waals surface area contributed by atoms with Crippen LogP contribution in [-0.4, -0.2) is 14.8 Å². The lowest BCUT2D eigenvalue weighted by atomic mass is 10.2. The molecule has 4 rings (SSSR count). The molecule has 0 aliphatic heterocycles. The molecule has 0 atom stereocenters. The number of halogens is 2. The molecule has 3 nitrogen and oxygen atoms in total. The van der Waals surface area contributed by atoms with Gasteiger partial charge >= 0.3 is 0 Å². The molecule has 1 heterocycles. The number of benzene rings is 3. The fourth-order valence-electron chi connectivity index (χ4n) is 2.73. The molecule has 4 aromatic rings. The summed E-state index contributed by atoms with van der Waals surface area (Å²) in [5.74, 6) is 0.629. The quantitative estimate of drug-likeness (QED) is 0.429. The van der Waals surface area contributed by atoms with Gasteiger partial charge in [-0.2, -0.15) is 0 Å². The van der Waals surface area contributed by atoms with E-state index in [2.05, 4.69) is 10.2 Å². The first kappa shape index (κ1) is 17.4. The Balaban J connectivity index is 1.72. The molecule has 0 unspecified atom stereocenters. The van der Waals surface area contributed by atoms with E-state index < -0.39 is 0 Å². The largest absolute Gasteiger partial charge is 0.270 e. The molecule has 134 valence electrons. The lowest BCUT2D eigenvalue weighted by Crippen LogP contribution is -1.99. The zero-order valence-corrected chi connectivity index (χ0v) is 15.0. The van der Waals surface area contributed by atoms with E-state index in [1.807, 2.05) is 41.0 Å². The summed E-state index contributed by atoms with van der Waals surface area (Å²) in [6, 6.07) is 22.4. The summed E-state index contributed by atoms with van der Waals surface area (Å²) in [6.45, 7) is 0. The number of hydrogen-bond acceptors (Lipinski definition) is 3. The van der Waals surface area contributed by atoms with Crippen LogP contribution in [0.25, 0.3) is 17.1 Å². The van der Waals surface area contributed by atoms with Crippen molar-refractivity contribution in [2.45, 2.75) is 10.9 Å². The molecule has 0 fully saturated rings. The Labute approximate surface area is 159 Å². The van der Waals surface area contributed by atoms with Gasteiger partial charge in [-0.1, -0.05) is 42.1 Å². The van der Waals surface area contributed by atoms with Crippen LogP contribution in [0.15, 0.2) is 84.0 Å². The van der Waals surface area contributed by atoms with E-state index in [1.165, 1.54) is 36.0 Å². The molecular weight excluding hydrogens is 364 g/mol. The normalized spacial score (nSPS) is 10.9. The Morgan fingerprint density at radius 2 is 1.56 bits per heavy atom. The summed E-state index contributed by atoms with van der Waals surface area (Å²) in [6.07, 6.45) is 0. The molecule has 0 amide bonds. The highest BCUT2D eigenvalue weighted by Crippen LogP contribution is 2.29. The number of thioether (sulfide) groups is 1. The minimum absolute atomic E-state index is 0.260. The van der Waals surface area contributed by atoms with Crippen molar-refractivity contribution in [3.8, 4) is 17.1 Å². The van der Waals surface area contributed by atoms with Crippen LogP contribution < -0.4 is 0 Å². The molecule has 0 N–H and O–H groups in total. The average molecular weight is 379 g/mol. The van der Waals surface area contributed by atoms with Crippen LogP contribution in [0, 0.1) is 11.6 Å². The first-order chi connectivity index (χ1) is 13.2. The molecule has 0 spiro atoms. The number of aromatic nitrogens is 3. The third kappa shape index (κ3) is 3.90. The van der Waals surface area contributed by atoms with Crippen molar-refractivity contribution in [2.24, 2.45) is 0 Å². The third-order valence-electron chi connectivity index (χ3n) is 4.01. The van der Waals surface area contributed by atoms with E-state index in [-0.39, 0.29) is 11.6 Å². The molecule has 0 saturated carbocycles. The van der Waals surface area contributed by atoms with Gasteiger partial charge in [0.05, 0.1) is 0 Å². The molecule has 1 aromatic heterocycles. The van der Waals surface area contributed by atoms with Crippen LogP contribution in [-0.2, 0) is 5.75 Å². The highest BCUT2D eigenvalue weighted by Gasteiger charge is 2.16. The van der Waals surface area contributed by atoms with Gasteiger partial charge in [0.1, 0.15) is 11.6 Å². The zero-order valence-electron chi connectivity index (χ0n) is 14.2. The summed E-state index contributed by atoms with van der Waals surface area (Å²) in [7, 11) is 0. The van der Waals surface area contributed by atoms with Crippen LogP contribution >= 0.6 is 11.8 Å². The number of nitrogens with zero attached hydrogens (tertiary/aromatic N) is 3. The van der Waals surface area contributed by atoms with E-state index in [9.17, 15) is 8.78 Å². The van der Waals surface area contributed by atoms with Crippen LogP contribution in [0.2, 0.25) is 0 Å². The van der Waals surface area contributed by atoms with Crippen molar-refractivity contribution >= 4 is 11.8 Å². The minimum atomic E-state index is -0.301. The molecule has 0 bridgehead atoms. The van der Waals surface area contributed by atoms with Gasteiger partial charge in [-0.15, -0.1) is 10.2 Å². The SMILES string of the molecule is Fc1ccc(-c2nnc(SCc3cccc(F)c3)n2-c2ccccc2)cc1. The van der Waals surface area contributed by atoms with E-state index in [1.54, 1.807) is 18.2 Å². The summed E-state index contributed by atoms with van der Waals surface area (Å²) < 4.78 is 28.6.